The Kier molecular flexibility index (Phi) is 3.55. The summed E-state index contributed by atoms with van der Waals surface area (Å²) in [5, 5.41) is 3.49. The lowest BCUT2D eigenvalue weighted by Gasteiger charge is -2.13. The van der Waals surface area contributed by atoms with Gasteiger partial charge in [-0.1, -0.05) is 41.5 Å². The summed E-state index contributed by atoms with van der Waals surface area (Å²) in [6.45, 7) is 0. The minimum absolute atomic E-state index is 0.153. The maximum Gasteiger partial charge on any atom is 0.127 e. The molecule has 0 fully saturated rings. The molecule has 18 heavy (non-hydrogen) atoms. The average Bonchev–Trinajstić information content (AvgIpc) is 2.38. The van der Waals surface area contributed by atoms with Crippen LogP contribution in [0.5, 0.6) is 0 Å². The molecule has 0 bridgehead atoms. The van der Waals surface area contributed by atoms with E-state index in [-0.39, 0.29) is 11.1 Å². The number of hydrogen-bond donors (Lipinski definition) is 0. The molecule has 0 N–H and O–H groups in total. The van der Waals surface area contributed by atoms with E-state index in [0.29, 0.717) is 0 Å². The predicted octanol–water partition coefficient (Wildman–Crippen LogP) is 4.36. The number of azide groups is 1. The van der Waals surface area contributed by atoms with Crippen LogP contribution in [-0.2, 0) is 0 Å². The molecule has 0 aromatic heterocycles. The SMILES string of the molecule is [N-]=[N+]=NC(c1ccccc1F)c1ccccc1F. The minimum atomic E-state index is -1.00. The largest absolute Gasteiger partial charge is 0.207 e. The van der Waals surface area contributed by atoms with E-state index in [1.165, 1.54) is 36.4 Å². The van der Waals surface area contributed by atoms with Crippen molar-refractivity contribution in [1.82, 2.24) is 0 Å². The van der Waals surface area contributed by atoms with E-state index in [1.54, 1.807) is 12.1 Å². The Morgan fingerprint density at radius 1 is 0.889 bits per heavy atom. The van der Waals surface area contributed by atoms with Gasteiger partial charge in [0.05, 0.1) is 6.04 Å². The maximum absolute atomic E-state index is 13.7. The highest BCUT2D eigenvalue weighted by atomic mass is 19.1. The van der Waals surface area contributed by atoms with E-state index in [1.807, 2.05) is 0 Å². The number of rotatable bonds is 3. The third-order valence-electron chi connectivity index (χ3n) is 2.57. The molecule has 0 aliphatic rings. The molecule has 2 rings (SSSR count). The van der Waals surface area contributed by atoms with Crippen LogP contribution < -0.4 is 0 Å². The van der Waals surface area contributed by atoms with Crippen LogP contribution >= 0.6 is 0 Å². The minimum Gasteiger partial charge on any atom is -0.207 e. The van der Waals surface area contributed by atoms with Crippen molar-refractivity contribution in [1.29, 1.82) is 0 Å². The Morgan fingerprint density at radius 3 is 1.72 bits per heavy atom. The highest BCUT2D eigenvalue weighted by molar-refractivity contribution is 5.33. The summed E-state index contributed by atoms with van der Waals surface area (Å²) < 4.78 is 27.3. The Balaban J connectivity index is 2.58. The number of hydrogen-bond acceptors (Lipinski definition) is 1. The summed E-state index contributed by atoms with van der Waals surface area (Å²) in [7, 11) is 0. The van der Waals surface area contributed by atoms with Gasteiger partial charge in [0.25, 0.3) is 0 Å². The molecule has 5 heteroatoms. The zero-order valence-electron chi connectivity index (χ0n) is 9.29. The second kappa shape index (κ2) is 5.29. The summed E-state index contributed by atoms with van der Waals surface area (Å²) in [5.41, 5.74) is 8.86. The normalized spacial score (nSPS) is 10.2. The van der Waals surface area contributed by atoms with Gasteiger partial charge in [0, 0.05) is 16.0 Å². The monoisotopic (exact) mass is 245 g/mol. The second-order valence-corrected chi connectivity index (χ2v) is 3.65. The first-order chi connectivity index (χ1) is 8.74. The van der Waals surface area contributed by atoms with Crippen LogP contribution in [0.1, 0.15) is 17.2 Å². The van der Waals surface area contributed by atoms with Crippen molar-refractivity contribution in [2.24, 2.45) is 5.11 Å². The van der Waals surface area contributed by atoms with Crippen LogP contribution in [0.2, 0.25) is 0 Å². The molecule has 90 valence electrons. The molecule has 0 aliphatic heterocycles. The van der Waals surface area contributed by atoms with E-state index in [4.69, 9.17) is 5.53 Å². The fourth-order valence-electron chi connectivity index (χ4n) is 1.74. The van der Waals surface area contributed by atoms with Gasteiger partial charge in [0.2, 0.25) is 0 Å². The number of benzene rings is 2. The number of nitrogens with zero attached hydrogens (tertiary/aromatic N) is 3. The molecule has 0 saturated carbocycles. The first-order valence-corrected chi connectivity index (χ1v) is 5.27. The highest BCUT2D eigenvalue weighted by Gasteiger charge is 2.19. The average molecular weight is 245 g/mol. The van der Waals surface area contributed by atoms with E-state index >= 15 is 0 Å². The summed E-state index contributed by atoms with van der Waals surface area (Å²) in [6, 6.07) is 10.7. The quantitative estimate of drug-likeness (QED) is 0.438. The van der Waals surface area contributed by atoms with Crippen molar-refractivity contribution in [3.63, 3.8) is 0 Å². The molecule has 0 amide bonds. The van der Waals surface area contributed by atoms with Crippen LogP contribution in [0.25, 0.3) is 10.4 Å². The molecular formula is C13H9F2N3. The fourth-order valence-corrected chi connectivity index (χ4v) is 1.74. The Labute approximate surface area is 102 Å². The summed E-state index contributed by atoms with van der Waals surface area (Å²) in [5.74, 6) is -1.06. The van der Waals surface area contributed by atoms with Crippen molar-refractivity contribution in [2.45, 2.75) is 6.04 Å². The molecule has 2 aromatic carbocycles. The molecule has 0 radical (unpaired) electrons. The Bertz CT molecular complexity index is 561. The van der Waals surface area contributed by atoms with Crippen LogP contribution in [0.15, 0.2) is 53.6 Å². The van der Waals surface area contributed by atoms with Crippen LogP contribution in [0.3, 0.4) is 0 Å². The molecule has 0 unspecified atom stereocenters. The molecule has 0 saturated heterocycles. The molecule has 0 heterocycles. The van der Waals surface area contributed by atoms with Gasteiger partial charge in [0.15, 0.2) is 0 Å². The molecular weight excluding hydrogens is 236 g/mol. The van der Waals surface area contributed by atoms with Gasteiger partial charge in [0.1, 0.15) is 11.6 Å². The second-order valence-electron chi connectivity index (χ2n) is 3.65. The van der Waals surface area contributed by atoms with Crippen LogP contribution in [0.4, 0.5) is 8.78 Å². The van der Waals surface area contributed by atoms with Crippen molar-refractivity contribution >= 4 is 0 Å². The molecule has 0 spiro atoms. The Morgan fingerprint density at radius 2 is 1.33 bits per heavy atom. The zero-order valence-corrected chi connectivity index (χ0v) is 9.29. The summed E-state index contributed by atoms with van der Waals surface area (Å²) >= 11 is 0. The van der Waals surface area contributed by atoms with Crippen molar-refractivity contribution in [3.05, 3.63) is 81.7 Å². The standard InChI is InChI=1S/C13H9F2N3/c14-11-7-3-1-5-9(11)13(17-18-16)10-6-2-4-8-12(10)15/h1-8,13H. The molecule has 3 nitrogen and oxygen atoms in total. The maximum atomic E-state index is 13.7. The third kappa shape index (κ3) is 2.31. The van der Waals surface area contributed by atoms with Crippen LogP contribution in [-0.4, -0.2) is 0 Å². The third-order valence-corrected chi connectivity index (χ3v) is 2.57. The smallest absolute Gasteiger partial charge is 0.127 e. The molecule has 0 atom stereocenters. The zero-order chi connectivity index (χ0) is 13.0. The van der Waals surface area contributed by atoms with E-state index in [2.05, 4.69) is 10.0 Å². The predicted molar refractivity (Wildman–Crippen MR) is 63.8 cm³/mol. The Hall–Kier alpha value is -2.39. The van der Waals surface area contributed by atoms with Crippen molar-refractivity contribution < 1.29 is 8.78 Å². The van der Waals surface area contributed by atoms with Gasteiger partial charge in [-0.15, -0.1) is 0 Å². The molecule has 2 aromatic rings. The van der Waals surface area contributed by atoms with Gasteiger partial charge in [-0.3, -0.25) is 0 Å². The topological polar surface area (TPSA) is 48.8 Å². The van der Waals surface area contributed by atoms with Gasteiger partial charge >= 0.3 is 0 Å². The highest BCUT2D eigenvalue weighted by Crippen LogP contribution is 2.29. The van der Waals surface area contributed by atoms with Crippen molar-refractivity contribution in [3.8, 4) is 0 Å². The lowest BCUT2D eigenvalue weighted by Crippen LogP contribution is -2.02. The van der Waals surface area contributed by atoms with E-state index in [9.17, 15) is 8.78 Å². The van der Waals surface area contributed by atoms with Crippen molar-refractivity contribution in [2.75, 3.05) is 0 Å². The summed E-state index contributed by atoms with van der Waals surface area (Å²) in [6.07, 6.45) is 0. The fraction of sp³-hybridized carbons (Fsp3) is 0.0769. The van der Waals surface area contributed by atoms with Gasteiger partial charge in [-0.25, -0.2) is 8.78 Å². The lowest BCUT2D eigenvalue weighted by molar-refractivity contribution is 0.575. The molecule has 0 aliphatic carbocycles. The lowest BCUT2D eigenvalue weighted by atomic mass is 9.98. The van der Waals surface area contributed by atoms with Gasteiger partial charge < -0.3 is 0 Å². The van der Waals surface area contributed by atoms with E-state index in [0.717, 1.165) is 0 Å². The number of halogens is 2. The van der Waals surface area contributed by atoms with Gasteiger partial charge in [-0.2, -0.15) is 0 Å². The van der Waals surface area contributed by atoms with E-state index < -0.39 is 17.7 Å². The van der Waals surface area contributed by atoms with Gasteiger partial charge in [-0.05, 0) is 17.7 Å². The first kappa shape index (κ1) is 12.1. The summed E-state index contributed by atoms with van der Waals surface area (Å²) in [4.78, 5) is 2.66. The van der Waals surface area contributed by atoms with Crippen LogP contribution in [0, 0.1) is 11.6 Å². The first-order valence-electron chi connectivity index (χ1n) is 5.27.